The summed E-state index contributed by atoms with van der Waals surface area (Å²) in [5.41, 5.74) is 4.81. The maximum Gasteiger partial charge on any atom is 0.227 e. The van der Waals surface area contributed by atoms with E-state index in [1.165, 1.54) is 10.6 Å². The summed E-state index contributed by atoms with van der Waals surface area (Å²) in [4.78, 5) is 14.5. The molecule has 4 aromatic rings. The van der Waals surface area contributed by atoms with Crippen molar-refractivity contribution in [2.75, 3.05) is 62.0 Å². The second-order valence-corrected chi connectivity index (χ2v) is 12.1. The van der Waals surface area contributed by atoms with Crippen LogP contribution in [0.25, 0.3) is 22.0 Å². The summed E-state index contributed by atoms with van der Waals surface area (Å²) in [6, 6.07) is 16.5. The molecule has 0 aliphatic carbocycles. The molecular formula is C28H32N6O4S. The number of nitrogens with zero attached hydrogens (tertiary/aromatic N) is 6. The number of benzene rings is 2. The van der Waals surface area contributed by atoms with Crippen LogP contribution in [0.2, 0.25) is 0 Å². The Hall–Kier alpha value is -3.54. The minimum absolute atomic E-state index is 0.00398. The fourth-order valence-electron chi connectivity index (χ4n) is 5.54. The van der Waals surface area contributed by atoms with Gasteiger partial charge in [0.1, 0.15) is 11.6 Å². The topological polar surface area (TPSA) is 105 Å². The van der Waals surface area contributed by atoms with Crippen LogP contribution >= 0.6 is 0 Å². The van der Waals surface area contributed by atoms with Gasteiger partial charge in [0.15, 0.2) is 0 Å². The summed E-state index contributed by atoms with van der Waals surface area (Å²) < 4.78 is 37.0. The predicted octanol–water partition coefficient (Wildman–Crippen LogP) is 3.56. The number of rotatable bonds is 5. The predicted molar refractivity (Wildman–Crippen MR) is 150 cm³/mol. The molecule has 2 saturated heterocycles. The van der Waals surface area contributed by atoms with E-state index in [2.05, 4.69) is 33.2 Å². The standard InChI is InChI=1S/C28H32N6O4S/c1-19-26(20(2)38-31-19)22-9-10-24-23(17-22)27(34-15-16-37-18-25(34)21-7-5-4-6-8-21)30-28(29-24)32-11-13-33(14-12-32)39(3,35)36/h4-10,17,25H,11-16,18H2,1-3H3/t25-/m1/s1. The summed E-state index contributed by atoms with van der Waals surface area (Å²) >= 11 is 0. The fourth-order valence-corrected chi connectivity index (χ4v) is 6.37. The van der Waals surface area contributed by atoms with Crippen molar-refractivity contribution in [3.63, 3.8) is 0 Å². The van der Waals surface area contributed by atoms with Crippen LogP contribution in [0.5, 0.6) is 0 Å². The van der Waals surface area contributed by atoms with Gasteiger partial charge in [-0.05, 0) is 37.1 Å². The van der Waals surface area contributed by atoms with E-state index in [0.717, 1.165) is 44.9 Å². The van der Waals surface area contributed by atoms with E-state index in [0.29, 0.717) is 51.9 Å². The van der Waals surface area contributed by atoms with Gasteiger partial charge in [0, 0.05) is 43.7 Å². The van der Waals surface area contributed by atoms with Crippen LogP contribution in [-0.2, 0) is 14.8 Å². The van der Waals surface area contributed by atoms with Gasteiger partial charge in [0.2, 0.25) is 16.0 Å². The van der Waals surface area contributed by atoms with Crippen LogP contribution in [-0.4, -0.2) is 80.0 Å². The number of aryl methyl sites for hydroxylation is 2. The number of ether oxygens (including phenoxy) is 1. The van der Waals surface area contributed by atoms with E-state index in [4.69, 9.17) is 19.2 Å². The molecule has 0 N–H and O–H groups in total. The highest BCUT2D eigenvalue weighted by Gasteiger charge is 2.30. The summed E-state index contributed by atoms with van der Waals surface area (Å²) in [6.07, 6.45) is 1.26. The Balaban J connectivity index is 1.47. The van der Waals surface area contributed by atoms with E-state index in [1.807, 2.05) is 44.2 Å². The van der Waals surface area contributed by atoms with Gasteiger partial charge in [-0.1, -0.05) is 41.6 Å². The zero-order valence-corrected chi connectivity index (χ0v) is 23.2. The Morgan fingerprint density at radius 2 is 1.72 bits per heavy atom. The van der Waals surface area contributed by atoms with Gasteiger partial charge in [0.25, 0.3) is 0 Å². The van der Waals surface area contributed by atoms with Crippen molar-refractivity contribution in [1.29, 1.82) is 0 Å². The zero-order chi connectivity index (χ0) is 27.1. The van der Waals surface area contributed by atoms with E-state index >= 15 is 0 Å². The number of anilines is 2. The zero-order valence-electron chi connectivity index (χ0n) is 22.4. The molecular weight excluding hydrogens is 516 g/mol. The van der Waals surface area contributed by atoms with Crippen molar-refractivity contribution < 1.29 is 17.7 Å². The number of sulfonamides is 1. The number of morpholine rings is 1. The summed E-state index contributed by atoms with van der Waals surface area (Å²) in [6.45, 7) is 7.57. The number of hydrogen-bond donors (Lipinski definition) is 0. The molecule has 0 radical (unpaired) electrons. The third kappa shape index (κ3) is 4.97. The Morgan fingerprint density at radius 3 is 2.41 bits per heavy atom. The highest BCUT2D eigenvalue weighted by molar-refractivity contribution is 7.88. The van der Waals surface area contributed by atoms with Crippen LogP contribution < -0.4 is 9.80 Å². The van der Waals surface area contributed by atoms with Crippen molar-refractivity contribution in [2.24, 2.45) is 0 Å². The molecule has 1 atom stereocenters. The van der Waals surface area contributed by atoms with Crippen LogP contribution in [0.3, 0.4) is 0 Å². The van der Waals surface area contributed by atoms with Gasteiger partial charge in [-0.2, -0.15) is 9.29 Å². The largest absolute Gasteiger partial charge is 0.377 e. The number of hydrogen-bond acceptors (Lipinski definition) is 9. The van der Waals surface area contributed by atoms with Crippen molar-refractivity contribution in [3.05, 3.63) is 65.5 Å². The van der Waals surface area contributed by atoms with Gasteiger partial charge in [0.05, 0.1) is 36.7 Å². The average Bonchev–Trinajstić information content (AvgIpc) is 3.29. The van der Waals surface area contributed by atoms with Crippen LogP contribution in [0.1, 0.15) is 23.1 Å². The number of fused-ring (bicyclic) bond motifs is 1. The lowest BCUT2D eigenvalue weighted by Gasteiger charge is -2.38. The first-order valence-corrected chi connectivity index (χ1v) is 15.0. The molecule has 2 aromatic carbocycles. The summed E-state index contributed by atoms with van der Waals surface area (Å²) in [5, 5.41) is 5.09. The lowest BCUT2D eigenvalue weighted by atomic mass is 10.0. The van der Waals surface area contributed by atoms with Gasteiger partial charge < -0.3 is 19.1 Å². The van der Waals surface area contributed by atoms with E-state index in [9.17, 15) is 8.42 Å². The van der Waals surface area contributed by atoms with Gasteiger partial charge in [-0.3, -0.25) is 0 Å². The smallest absolute Gasteiger partial charge is 0.227 e. The second-order valence-electron chi connectivity index (χ2n) is 10.1. The molecule has 11 heteroatoms. The van der Waals surface area contributed by atoms with Gasteiger partial charge in [-0.15, -0.1) is 0 Å². The Labute approximate surface area is 228 Å². The van der Waals surface area contributed by atoms with Crippen molar-refractivity contribution in [2.45, 2.75) is 19.9 Å². The summed E-state index contributed by atoms with van der Waals surface area (Å²) in [5.74, 6) is 2.21. The highest BCUT2D eigenvalue weighted by atomic mass is 32.2. The van der Waals surface area contributed by atoms with Gasteiger partial charge >= 0.3 is 0 Å². The first-order chi connectivity index (χ1) is 18.8. The Morgan fingerprint density at radius 1 is 0.949 bits per heavy atom. The monoisotopic (exact) mass is 548 g/mol. The van der Waals surface area contributed by atoms with Crippen LogP contribution in [0.15, 0.2) is 53.1 Å². The molecule has 4 heterocycles. The minimum Gasteiger partial charge on any atom is -0.377 e. The normalized spacial score (nSPS) is 19.1. The molecule has 39 heavy (non-hydrogen) atoms. The third-order valence-electron chi connectivity index (χ3n) is 7.56. The maximum absolute atomic E-state index is 12.1. The van der Waals surface area contributed by atoms with E-state index < -0.39 is 10.0 Å². The first kappa shape index (κ1) is 25.7. The molecule has 0 bridgehead atoms. The highest BCUT2D eigenvalue weighted by Crippen LogP contribution is 2.37. The Kier molecular flexibility index (Phi) is 6.74. The van der Waals surface area contributed by atoms with E-state index in [-0.39, 0.29) is 6.04 Å². The van der Waals surface area contributed by atoms with Crippen molar-refractivity contribution in [3.8, 4) is 11.1 Å². The minimum atomic E-state index is -3.23. The molecule has 0 spiro atoms. The lowest BCUT2D eigenvalue weighted by molar-refractivity contribution is 0.0939. The van der Waals surface area contributed by atoms with Gasteiger partial charge in [-0.25, -0.2) is 13.4 Å². The summed E-state index contributed by atoms with van der Waals surface area (Å²) in [7, 11) is -3.23. The molecule has 2 fully saturated rings. The molecule has 0 amide bonds. The number of piperazine rings is 1. The molecule has 2 aliphatic heterocycles. The third-order valence-corrected chi connectivity index (χ3v) is 8.86. The molecule has 10 nitrogen and oxygen atoms in total. The molecule has 2 aromatic heterocycles. The quantitative estimate of drug-likeness (QED) is 0.370. The van der Waals surface area contributed by atoms with Crippen LogP contribution in [0, 0.1) is 13.8 Å². The molecule has 0 saturated carbocycles. The molecule has 204 valence electrons. The van der Waals surface area contributed by atoms with E-state index in [1.54, 1.807) is 0 Å². The SMILES string of the molecule is Cc1noc(C)c1-c1ccc2nc(N3CCN(S(C)(=O)=O)CC3)nc(N3CCOC[C@@H]3c3ccccc3)c2c1. The fraction of sp³-hybridized carbons (Fsp3) is 0.393. The van der Waals surface area contributed by atoms with Crippen molar-refractivity contribution in [1.82, 2.24) is 19.4 Å². The molecule has 0 unspecified atom stereocenters. The molecule has 2 aliphatic rings. The maximum atomic E-state index is 12.1. The van der Waals surface area contributed by atoms with Crippen molar-refractivity contribution >= 4 is 32.7 Å². The Bertz CT molecular complexity index is 1580. The number of aromatic nitrogens is 3. The second kappa shape index (κ2) is 10.2. The lowest BCUT2D eigenvalue weighted by Crippen LogP contribution is -2.49. The van der Waals surface area contributed by atoms with Crippen LogP contribution in [0.4, 0.5) is 11.8 Å². The first-order valence-electron chi connectivity index (χ1n) is 13.1. The average molecular weight is 549 g/mol. The molecule has 6 rings (SSSR count).